The van der Waals surface area contributed by atoms with Gasteiger partial charge < -0.3 is 9.64 Å². The predicted molar refractivity (Wildman–Crippen MR) is 61.0 cm³/mol. The summed E-state index contributed by atoms with van der Waals surface area (Å²) in [6, 6.07) is 0. The van der Waals surface area contributed by atoms with Crippen molar-refractivity contribution in [3.8, 4) is 0 Å². The summed E-state index contributed by atoms with van der Waals surface area (Å²) in [7, 11) is 0. The number of hydrogen-bond acceptors (Lipinski definition) is 2. The van der Waals surface area contributed by atoms with Crippen molar-refractivity contribution in [3.63, 3.8) is 0 Å². The van der Waals surface area contributed by atoms with Crippen LogP contribution in [0, 0.1) is 5.41 Å². The van der Waals surface area contributed by atoms with Crippen molar-refractivity contribution in [1.82, 2.24) is 4.90 Å². The minimum atomic E-state index is 0.491. The molecular formula is C11H22ClNO. The quantitative estimate of drug-likeness (QED) is 0.520. The van der Waals surface area contributed by atoms with E-state index in [0.29, 0.717) is 17.9 Å². The van der Waals surface area contributed by atoms with Crippen LogP contribution in [0.5, 0.6) is 0 Å². The van der Waals surface area contributed by atoms with E-state index in [1.807, 2.05) is 0 Å². The summed E-state index contributed by atoms with van der Waals surface area (Å²) in [6.07, 6.45) is 2.68. The lowest BCUT2D eigenvalue weighted by Gasteiger charge is -2.37. The number of likely N-dealkylation sites (tertiary alicyclic amines) is 1. The van der Waals surface area contributed by atoms with Gasteiger partial charge in [0.1, 0.15) is 0 Å². The van der Waals surface area contributed by atoms with Gasteiger partial charge in [0.05, 0.1) is 13.2 Å². The second-order valence-electron chi connectivity index (χ2n) is 4.85. The van der Waals surface area contributed by atoms with E-state index in [0.717, 1.165) is 13.2 Å². The summed E-state index contributed by atoms with van der Waals surface area (Å²) in [6.45, 7) is 9.68. The molecule has 84 valence electrons. The van der Waals surface area contributed by atoms with E-state index >= 15 is 0 Å². The topological polar surface area (TPSA) is 12.5 Å². The Bertz CT molecular complexity index is 161. The van der Waals surface area contributed by atoms with Gasteiger partial charge in [0, 0.05) is 19.0 Å². The summed E-state index contributed by atoms with van der Waals surface area (Å²) in [5, 5.41) is 0. The fraction of sp³-hybridized carbons (Fsp3) is 1.00. The first-order chi connectivity index (χ1) is 6.64. The maximum absolute atomic E-state index is 5.53. The number of piperidine rings is 1. The molecule has 0 aromatic rings. The largest absolute Gasteiger partial charge is 0.379 e. The van der Waals surface area contributed by atoms with E-state index in [4.69, 9.17) is 16.3 Å². The van der Waals surface area contributed by atoms with Gasteiger partial charge in [0.2, 0.25) is 0 Å². The second kappa shape index (κ2) is 5.94. The van der Waals surface area contributed by atoms with Gasteiger partial charge in [0.25, 0.3) is 0 Å². The molecule has 0 atom stereocenters. The van der Waals surface area contributed by atoms with Crippen LogP contribution in [0.2, 0.25) is 0 Å². The fourth-order valence-corrected chi connectivity index (χ4v) is 2.19. The highest BCUT2D eigenvalue weighted by molar-refractivity contribution is 6.17. The molecule has 1 fully saturated rings. The molecule has 3 heteroatoms. The normalized spacial score (nSPS) is 22.5. The molecule has 1 rings (SSSR count). The van der Waals surface area contributed by atoms with Crippen molar-refractivity contribution in [2.75, 3.05) is 38.7 Å². The van der Waals surface area contributed by atoms with Gasteiger partial charge in [-0.2, -0.15) is 0 Å². The first-order valence-corrected chi connectivity index (χ1v) is 6.03. The van der Waals surface area contributed by atoms with Crippen molar-refractivity contribution < 1.29 is 4.74 Å². The molecule has 0 amide bonds. The summed E-state index contributed by atoms with van der Waals surface area (Å²) >= 11 is 5.53. The number of ether oxygens (including phenoxy) is 1. The molecule has 0 aromatic heterocycles. The Hall–Kier alpha value is 0.210. The van der Waals surface area contributed by atoms with Crippen molar-refractivity contribution in [2.45, 2.75) is 26.7 Å². The summed E-state index contributed by atoms with van der Waals surface area (Å²) in [5.74, 6) is 0.603. The van der Waals surface area contributed by atoms with E-state index in [1.165, 1.54) is 25.9 Å². The van der Waals surface area contributed by atoms with Crippen LogP contribution in [-0.4, -0.2) is 43.6 Å². The van der Waals surface area contributed by atoms with Gasteiger partial charge >= 0.3 is 0 Å². The number of alkyl halides is 1. The molecule has 0 unspecified atom stereocenters. The molecule has 1 aliphatic rings. The molecule has 0 radical (unpaired) electrons. The number of hydrogen-bond donors (Lipinski definition) is 0. The third-order valence-corrected chi connectivity index (χ3v) is 2.91. The molecule has 1 heterocycles. The highest BCUT2D eigenvalue weighted by atomic mass is 35.5. The maximum Gasteiger partial charge on any atom is 0.0602 e. The van der Waals surface area contributed by atoms with Crippen molar-refractivity contribution in [3.05, 3.63) is 0 Å². The predicted octanol–water partition coefficient (Wildman–Crippen LogP) is 2.36. The molecule has 0 saturated carbocycles. The Labute approximate surface area is 92.6 Å². The highest BCUT2D eigenvalue weighted by Crippen LogP contribution is 2.27. The van der Waals surface area contributed by atoms with Crippen molar-refractivity contribution in [1.29, 1.82) is 0 Å². The Morgan fingerprint density at radius 3 is 2.79 bits per heavy atom. The third-order valence-electron chi connectivity index (χ3n) is 2.75. The van der Waals surface area contributed by atoms with E-state index < -0.39 is 0 Å². The smallest absolute Gasteiger partial charge is 0.0602 e. The van der Waals surface area contributed by atoms with Crippen LogP contribution in [0.15, 0.2) is 0 Å². The molecule has 0 spiro atoms. The molecule has 0 N–H and O–H groups in total. The SMILES string of the molecule is CC1(C)CCCN(CCOCCCl)C1. The molecular weight excluding hydrogens is 198 g/mol. The molecule has 0 aromatic carbocycles. The zero-order valence-electron chi connectivity index (χ0n) is 9.39. The lowest BCUT2D eigenvalue weighted by atomic mass is 9.84. The van der Waals surface area contributed by atoms with Crippen LogP contribution < -0.4 is 0 Å². The van der Waals surface area contributed by atoms with Crippen LogP contribution in [0.4, 0.5) is 0 Å². The van der Waals surface area contributed by atoms with Crippen molar-refractivity contribution in [2.24, 2.45) is 5.41 Å². The molecule has 0 bridgehead atoms. The number of nitrogens with zero attached hydrogens (tertiary/aromatic N) is 1. The van der Waals surface area contributed by atoms with E-state index in [1.54, 1.807) is 0 Å². The lowest BCUT2D eigenvalue weighted by molar-refractivity contribution is 0.0702. The zero-order valence-corrected chi connectivity index (χ0v) is 10.1. The van der Waals surface area contributed by atoms with Crippen LogP contribution >= 0.6 is 11.6 Å². The molecule has 0 aliphatic carbocycles. The molecule has 2 nitrogen and oxygen atoms in total. The molecule has 1 aliphatic heterocycles. The Morgan fingerprint density at radius 2 is 2.14 bits per heavy atom. The molecule has 14 heavy (non-hydrogen) atoms. The Kier molecular flexibility index (Phi) is 5.21. The van der Waals surface area contributed by atoms with E-state index in [9.17, 15) is 0 Å². The Morgan fingerprint density at radius 1 is 1.36 bits per heavy atom. The van der Waals surface area contributed by atoms with Gasteiger partial charge in [-0.15, -0.1) is 11.6 Å². The first kappa shape index (κ1) is 12.3. The average molecular weight is 220 g/mol. The van der Waals surface area contributed by atoms with Crippen LogP contribution in [0.3, 0.4) is 0 Å². The summed E-state index contributed by atoms with van der Waals surface area (Å²) in [4.78, 5) is 2.50. The van der Waals surface area contributed by atoms with Gasteiger partial charge in [-0.05, 0) is 24.8 Å². The second-order valence-corrected chi connectivity index (χ2v) is 5.22. The van der Waals surface area contributed by atoms with Crippen molar-refractivity contribution >= 4 is 11.6 Å². The monoisotopic (exact) mass is 219 g/mol. The van der Waals surface area contributed by atoms with Crippen LogP contribution in [0.1, 0.15) is 26.7 Å². The summed E-state index contributed by atoms with van der Waals surface area (Å²) < 4.78 is 5.38. The minimum Gasteiger partial charge on any atom is -0.379 e. The van der Waals surface area contributed by atoms with E-state index in [-0.39, 0.29) is 0 Å². The number of halogens is 1. The summed E-state index contributed by atoms with van der Waals surface area (Å²) in [5.41, 5.74) is 0.491. The van der Waals surface area contributed by atoms with Gasteiger partial charge in [-0.3, -0.25) is 0 Å². The van der Waals surface area contributed by atoms with Gasteiger partial charge in [0.15, 0.2) is 0 Å². The van der Waals surface area contributed by atoms with E-state index in [2.05, 4.69) is 18.7 Å². The fourth-order valence-electron chi connectivity index (χ4n) is 2.09. The third kappa shape index (κ3) is 4.63. The standard InChI is InChI=1S/C11H22ClNO/c1-11(2)4-3-6-13(10-11)7-9-14-8-5-12/h3-10H2,1-2H3. The Balaban J connectivity index is 2.12. The maximum atomic E-state index is 5.53. The van der Waals surface area contributed by atoms with Crippen LogP contribution in [-0.2, 0) is 4.74 Å². The minimum absolute atomic E-state index is 0.491. The molecule has 1 saturated heterocycles. The van der Waals surface area contributed by atoms with Crippen LogP contribution in [0.25, 0.3) is 0 Å². The zero-order chi connectivity index (χ0) is 10.4. The van der Waals surface area contributed by atoms with Gasteiger partial charge in [-0.1, -0.05) is 13.8 Å². The highest BCUT2D eigenvalue weighted by Gasteiger charge is 2.25. The van der Waals surface area contributed by atoms with Gasteiger partial charge in [-0.25, -0.2) is 0 Å². The number of rotatable bonds is 5. The lowest BCUT2D eigenvalue weighted by Crippen LogP contribution is -2.41. The average Bonchev–Trinajstić information content (AvgIpc) is 2.11. The first-order valence-electron chi connectivity index (χ1n) is 5.50.